The zero-order chi connectivity index (χ0) is 12.3. The van der Waals surface area contributed by atoms with Gasteiger partial charge in [-0.1, -0.05) is 38.8 Å². The molecule has 0 aromatic carbocycles. The molecule has 1 aliphatic rings. The number of hydrogen-bond acceptors (Lipinski definition) is 1. The SMILES string of the molecule is CC(C)C1=C(C(C)C)CCN(C(C)C)CC1. The molecule has 0 amide bonds. The highest BCUT2D eigenvalue weighted by atomic mass is 15.1. The van der Waals surface area contributed by atoms with E-state index in [0.29, 0.717) is 6.04 Å². The summed E-state index contributed by atoms with van der Waals surface area (Å²) in [5.74, 6) is 1.45. The van der Waals surface area contributed by atoms with Crippen LogP contribution >= 0.6 is 0 Å². The van der Waals surface area contributed by atoms with Gasteiger partial charge in [-0.25, -0.2) is 0 Å². The van der Waals surface area contributed by atoms with Gasteiger partial charge in [-0.05, 0) is 38.5 Å². The van der Waals surface area contributed by atoms with Crippen molar-refractivity contribution >= 4 is 0 Å². The lowest BCUT2D eigenvalue weighted by Gasteiger charge is -2.24. The van der Waals surface area contributed by atoms with Crippen molar-refractivity contribution in [2.75, 3.05) is 13.1 Å². The fraction of sp³-hybridized carbons (Fsp3) is 0.867. The fourth-order valence-corrected chi connectivity index (χ4v) is 2.80. The van der Waals surface area contributed by atoms with Crippen molar-refractivity contribution in [3.63, 3.8) is 0 Å². The van der Waals surface area contributed by atoms with Gasteiger partial charge in [0.15, 0.2) is 0 Å². The molecule has 0 aliphatic carbocycles. The summed E-state index contributed by atoms with van der Waals surface area (Å²) in [6.07, 6.45) is 2.56. The quantitative estimate of drug-likeness (QED) is 0.651. The van der Waals surface area contributed by atoms with E-state index in [1.807, 2.05) is 0 Å². The molecule has 0 bridgehead atoms. The van der Waals surface area contributed by atoms with Crippen LogP contribution in [-0.2, 0) is 0 Å². The van der Waals surface area contributed by atoms with Crippen LogP contribution < -0.4 is 0 Å². The molecular formula is C15H29N. The average molecular weight is 223 g/mol. The summed E-state index contributed by atoms with van der Waals surface area (Å²) in [5, 5.41) is 0. The van der Waals surface area contributed by atoms with Crippen molar-refractivity contribution in [2.45, 2.75) is 60.4 Å². The minimum absolute atomic E-state index is 0.694. The van der Waals surface area contributed by atoms with Crippen LogP contribution in [-0.4, -0.2) is 24.0 Å². The summed E-state index contributed by atoms with van der Waals surface area (Å²) >= 11 is 0. The van der Waals surface area contributed by atoms with Gasteiger partial charge in [-0.3, -0.25) is 0 Å². The zero-order valence-electron chi connectivity index (χ0n) is 12.0. The van der Waals surface area contributed by atoms with Crippen LogP contribution in [0, 0.1) is 11.8 Å². The molecule has 1 heterocycles. The second kappa shape index (κ2) is 5.86. The number of hydrogen-bond donors (Lipinski definition) is 0. The van der Waals surface area contributed by atoms with Crippen LogP contribution in [0.15, 0.2) is 11.1 Å². The van der Waals surface area contributed by atoms with Gasteiger partial charge in [0, 0.05) is 19.1 Å². The molecule has 0 saturated heterocycles. The maximum atomic E-state index is 2.62. The topological polar surface area (TPSA) is 3.24 Å². The molecule has 0 atom stereocenters. The molecule has 1 rings (SSSR count). The highest BCUT2D eigenvalue weighted by Gasteiger charge is 2.20. The number of nitrogens with zero attached hydrogens (tertiary/aromatic N) is 1. The van der Waals surface area contributed by atoms with E-state index in [2.05, 4.69) is 46.4 Å². The van der Waals surface area contributed by atoms with Crippen molar-refractivity contribution in [3.05, 3.63) is 11.1 Å². The highest BCUT2D eigenvalue weighted by molar-refractivity contribution is 5.20. The molecule has 1 heteroatoms. The highest BCUT2D eigenvalue weighted by Crippen LogP contribution is 2.30. The van der Waals surface area contributed by atoms with Crippen molar-refractivity contribution < 1.29 is 0 Å². The van der Waals surface area contributed by atoms with E-state index in [4.69, 9.17) is 0 Å². The van der Waals surface area contributed by atoms with Gasteiger partial charge in [0.25, 0.3) is 0 Å². The van der Waals surface area contributed by atoms with Gasteiger partial charge in [-0.2, -0.15) is 0 Å². The van der Waals surface area contributed by atoms with Crippen molar-refractivity contribution in [3.8, 4) is 0 Å². The molecule has 0 fully saturated rings. The second-order valence-corrected chi connectivity index (χ2v) is 5.99. The minimum atomic E-state index is 0.694. The molecule has 16 heavy (non-hydrogen) atoms. The Bertz CT molecular complexity index is 226. The van der Waals surface area contributed by atoms with Gasteiger partial charge in [0.1, 0.15) is 0 Å². The Hall–Kier alpha value is -0.300. The monoisotopic (exact) mass is 223 g/mol. The largest absolute Gasteiger partial charge is 0.300 e. The Morgan fingerprint density at radius 3 is 1.38 bits per heavy atom. The van der Waals surface area contributed by atoms with E-state index in [9.17, 15) is 0 Å². The van der Waals surface area contributed by atoms with Crippen LogP contribution in [0.1, 0.15) is 54.4 Å². The van der Waals surface area contributed by atoms with Gasteiger partial charge in [-0.15, -0.1) is 0 Å². The van der Waals surface area contributed by atoms with E-state index in [0.717, 1.165) is 11.8 Å². The van der Waals surface area contributed by atoms with E-state index >= 15 is 0 Å². The molecule has 0 saturated carbocycles. The lowest BCUT2D eigenvalue weighted by molar-refractivity contribution is 0.231. The molecular weight excluding hydrogens is 194 g/mol. The molecule has 0 spiro atoms. The molecule has 0 unspecified atom stereocenters. The third kappa shape index (κ3) is 3.35. The first-order valence-corrected chi connectivity index (χ1v) is 6.89. The first-order chi connectivity index (χ1) is 7.43. The average Bonchev–Trinajstić information content (AvgIpc) is 2.38. The summed E-state index contributed by atoms with van der Waals surface area (Å²) < 4.78 is 0. The lowest BCUT2D eigenvalue weighted by Crippen LogP contribution is -2.32. The predicted molar refractivity (Wildman–Crippen MR) is 72.6 cm³/mol. The van der Waals surface area contributed by atoms with Gasteiger partial charge in [0.2, 0.25) is 0 Å². The van der Waals surface area contributed by atoms with Crippen LogP contribution in [0.4, 0.5) is 0 Å². The fourth-order valence-electron chi connectivity index (χ4n) is 2.80. The van der Waals surface area contributed by atoms with E-state index in [1.165, 1.54) is 25.9 Å². The predicted octanol–water partition coefficient (Wildman–Crippen LogP) is 4.10. The third-order valence-electron chi connectivity index (χ3n) is 3.87. The number of rotatable bonds is 3. The smallest absolute Gasteiger partial charge is 0.00388 e. The first-order valence-electron chi connectivity index (χ1n) is 6.89. The van der Waals surface area contributed by atoms with Crippen molar-refractivity contribution in [1.82, 2.24) is 4.90 Å². The zero-order valence-corrected chi connectivity index (χ0v) is 12.0. The Morgan fingerprint density at radius 1 is 0.750 bits per heavy atom. The Labute approximate surface area is 102 Å². The van der Waals surface area contributed by atoms with Crippen LogP contribution in [0.2, 0.25) is 0 Å². The maximum absolute atomic E-state index is 2.62. The summed E-state index contributed by atoms with van der Waals surface area (Å²) in [4.78, 5) is 2.62. The first kappa shape index (κ1) is 13.8. The Morgan fingerprint density at radius 2 is 1.12 bits per heavy atom. The molecule has 94 valence electrons. The molecule has 0 aromatic heterocycles. The van der Waals surface area contributed by atoms with Crippen molar-refractivity contribution in [1.29, 1.82) is 0 Å². The molecule has 0 radical (unpaired) electrons. The Kier molecular flexibility index (Phi) is 5.04. The standard InChI is InChI=1S/C15H29N/c1-11(2)14-7-9-16(13(5)6)10-8-15(14)12(3)4/h11-13H,7-10H2,1-6H3. The van der Waals surface area contributed by atoms with Crippen molar-refractivity contribution in [2.24, 2.45) is 11.8 Å². The van der Waals surface area contributed by atoms with Gasteiger partial charge < -0.3 is 4.90 Å². The van der Waals surface area contributed by atoms with E-state index in [1.54, 1.807) is 11.1 Å². The maximum Gasteiger partial charge on any atom is 0.00388 e. The summed E-state index contributed by atoms with van der Waals surface area (Å²) in [7, 11) is 0. The molecule has 0 N–H and O–H groups in total. The van der Waals surface area contributed by atoms with Crippen LogP contribution in [0.3, 0.4) is 0 Å². The summed E-state index contributed by atoms with van der Waals surface area (Å²) in [5.41, 5.74) is 3.47. The molecule has 1 aliphatic heterocycles. The van der Waals surface area contributed by atoms with Crippen LogP contribution in [0.25, 0.3) is 0 Å². The Balaban J connectivity index is 2.82. The molecule has 1 nitrogen and oxygen atoms in total. The van der Waals surface area contributed by atoms with Gasteiger partial charge >= 0.3 is 0 Å². The van der Waals surface area contributed by atoms with Crippen LogP contribution in [0.5, 0.6) is 0 Å². The van der Waals surface area contributed by atoms with E-state index in [-0.39, 0.29) is 0 Å². The van der Waals surface area contributed by atoms with E-state index < -0.39 is 0 Å². The third-order valence-corrected chi connectivity index (χ3v) is 3.87. The van der Waals surface area contributed by atoms with Gasteiger partial charge in [0.05, 0.1) is 0 Å². The normalized spacial score (nSPS) is 20.1. The second-order valence-electron chi connectivity index (χ2n) is 5.99. The summed E-state index contributed by atoms with van der Waals surface area (Å²) in [6, 6.07) is 0.694. The minimum Gasteiger partial charge on any atom is -0.300 e. The summed E-state index contributed by atoms with van der Waals surface area (Å²) in [6.45, 7) is 16.5. The molecule has 0 aromatic rings. The lowest BCUT2D eigenvalue weighted by atomic mass is 9.87.